The maximum Gasteiger partial charge on any atom is 0.416 e. The van der Waals surface area contributed by atoms with E-state index in [1.54, 1.807) is 0 Å². The van der Waals surface area contributed by atoms with E-state index < -0.39 is 23.8 Å². The van der Waals surface area contributed by atoms with Crippen LogP contribution in [0, 0.1) is 0 Å². The first-order valence-electron chi connectivity index (χ1n) is 4.68. The Balaban J connectivity index is 3.34. The Morgan fingerprint density at radius 3 is 2.44 bits per heavy atom. The van der Waals surface area contributed by atoms with Crippen LogP contribution in [0.1, 0.15) is 18.1 Å². The Labute approximate surface area is 91.1 Å². The van der Waals surface area contributed by atoms with Gasteiger partial charge in [-0.2, -0.15) is 13.2 Å². The lowest BCUT2D eigenvalue weighted by atomic mass is 9.81. The van der Waals surface area contributed by atoms with Crippen LogP contribution in [0.5, 0.6) is 0 Å². The van der Waals surface area contributed by atoms with Gasteiger partial charge in [0.1, 0.15) is 0 Å². The van der Waals surface area contributed by atoms with Crippen molar-refractivity contribution >= 4 is 0 Å². The van der Waals surface area contributed by atoms with Crippen LogP contribution >= 0.6 is 0 Å². The molecule has 3 nitrogen and oxygen atoms in total. The van der Waals surface area contributed by atoms with Gasteiger partial charge in [-0.3, -0.25) is 4.98 Å². The van der Waals surface area contributed by atoms with Crippen molar-refractivity contribution in [2.24, 2.45) is 5.73 Å². The minimum atomic E-state index is -4.47. The standard InChI is InChI=1S/C10H13F3N2O/c1-9(5-14,6-16)8-4-15-3-2-7(8)10(11,12)13/h2-4,16H,5-6,14H2,1H3. The van der Waals surface area contributed by atoms with Crippen molar-refractivity contribution in [3.63, 3.8) is 0 Å². The van der Waals surface area contributed by atoms with Crippen LogP contribution in [-0.4, -0.2) is 23.2 Å². The number of rotatable bonds is 3. The van der Waals surface area contributed by atoms with E-state index in [0.29, 0.717) is 0 Å². The summed E-state index contributed by atoms with van der Waals surface area (Å²) in [6, 6.07) is 0.888. The van der Waals surface area contributed by atoms with Gasteiger partial charge in [0.2, 0.25) is 0 Å². The van der Waals surface area contributed by atoms with E-state index in [-0.39, 0.29) is 12.1 Å². The molecule has 6 heteroatoms. The van der Waals surface area contributed by atoms with Crippen molar-refractivity contribution < 1.29 is 18.3 Å². The molecule has 0 aliphatic heterocycles. The van der Waals surface area contributed by atoms with Gasteiger partial charge >= 0.3 is 6.18 Å². The fourth-order valence-corrected chi connectivity index (χ4v) is 1.38. The lowest BCUT2D eigenvalue weighted by molar-refractivity contribution is -0.139. The summed E-state index contributed by atoms with van der Waals surface area (Å²) in [6.45, 7) is 0.926. The van der Waals surface area contributed by atoms with E-state index in [9.17, 15) is 13.2 Å². The van der Waals surface area contributed by atoms with E-state index >= 15 is 0 Å². The van der Waals surface area contributed by atoms with Gasteiger partial charge < -0.3 is 10.8 Å². The van der Waals surface area contributed by atoms with Crippen molar-refractivity contribution in [3.8, 4) is 0 Å². The number of alkyl halides is 3. The summed E-state index contributed by atoms with van der Waals surface area (Å²) in [5, 5.41) is 9.15. The van der Waals surface area contributed by atoms with Crippen molar-refractivity contribution in [2.45, 2.75) is 18.5 Å². The number of hydrogen-bond acceptors (Lipinski definition) is 3. The molecule has 0 spiro atoms. The van der Waals surface area contributed by atoms with Gasteiger partial charge in [-0.15, -0.1) is 0 Å². The van der Waals surface area contributed by atoms with Crippen molar-refractivity contribution in [2.75, 3.05) is 13.2 Å². The first-order valence-corrected chi connectivity index (χ1v) is 4.68. The zero-order valence-electron chi connectivity index (χ0n) is 8.75. The molecule has 0 radical (unpaired) electrons. The van der Waals surface area contributed by atoms with E-state index in [2.05, 4.69) is 4.98 Å². The fourth-order valence-electron chi connectivity index (χ4n) is 1.38. The molecule has 0 saturated heterocycles. The zero-order chi connectivity index (χ0) is 12.4. The second-order valence-corrected chi connectivity index (χ2v) is 3.84. The average molecular weight is 234 g/mol. The molecule has 1 heterocycles. The molecule has 0 bridgehead atoms. The number of halogens is 3. The number of hydrogen-bond donors (Lipinski definition) is 2. The molecule has 1 unspecified atom stereocenters. The van der Waals surface area contributed by atoms with Crippen LogP contribution in [0.15, 0.2) is 18.5 Å². The maximum absolute atomic E-state index is 12.7. The third-order valence-corrected chi connectivity index (χ3v) is 2.58. The number of pyridine rings is 1. The molecule has 0 amide bonds. The fraction of sp³-hybridized carbons (Fsp3) is 0.500. The summed E-state index contributed by atoms with van der Waals surface area (Å²) in [7, 11) is 0. The van der Waals surface area contributed by atoms with Crippen LogP contribution in [-0.2, 0) is 11.6 Å². The van der Waals surface area contributed by atoms with Gasteiger partial charge in [0.25, 0.3) is 0 Å². The maximum atomic E-state index is 12.7. The Hall–Kier alpha value is -1.14. The van der Waals surface area contributed by atoms with E-state index in [1.807, 2.05) is 0 Å². The highest BCUT2D eigenvalue weighted by atomic mass is 19.4. The average Bonchev–Trinajstić information content (AvgIpc) is 2.27. The van der Waals surface area contributed by atoms with E-state index in [0.717, 1.165) is 18.5 Å². The van der Waals surface area contributed by atoms with Crippen LogP contribution in [0.25, 0.3) is 0 Å². The van der Waals surface area contributed by atoms with Gasteiger partial charge in [-0.1, -0.05) is 6.92 Å². The van der Waals surface area contributed by atoms with Crippen LogP contribution < -0.4 is 5.73 Å². The van der Waals surface area contributed by atoms with Crippen molar-refractivity contribution in [1.29, 1.82) is 0 Å². The van der Waals surface area contributed by atoms with Gasteiger partial charge in [-0.05, 0) is 11.6 Å². The van der Waals surface area contributed by atoms with Crippen LogP contribution in [0.4, 0.5) is 13.2 Å². The Kier molecular flexibility index (Phi) is 3.54. The first-order chi connectivity index (χ1) is 7.35. The number of nitrogens with two attached hydrogens (primary N) is 1. The van der Waals surface area contributed by atoms with Crippen molar-refractivity contribution in [3.05, 3.63) is 29.6 Å². The van der Waals surface area contributed by atoms with Crippen LogP contribution in [0.2, 0.25) is 0 Å². The van der Waals surface area contributed by atoms with E-state index in [4.69, 9.17) is 10.8 Å². The largest absolute Gasteiger partial charge is 0.416 e. The molecule has 0 aliphatic rings. The van der Waals surface area contributed by atoms with Gasteiger partial charge in [0.05, 0.1) is 12.2 Å². The molecule has 0 fully saturated rings. The zero-order valence-corrected chi connectivity index (χ0v) is 8.75. The minimum Gasteiger partial charge on any atom is -0.395 e. The summed E-state index contributed by atoms with van der Waals surface area (Å²) < 4.78 is 38.1. The monoisotopic (exact) mass is 234 g/mol. The van der Waals surface area contributed by atoms with Gasteiger partial charge in [0, 0.05) is 24.4 Å². The molecule has 16 heavy (non-hydrogen) atoms. The molecule has 1 rings (SSSR count). The van der Waals surface area contributed by atoms with E-state index in [1.165, 1.54) is 6.92 Å². The highest BCUT2D eigenvalue weighted by Crippen LogP contribution is 2.36. The Morgan fingerprint density at radius 2 is 2.00 bits per heavy atom. The second kappa shape index (κ2) is 4.39. The molecular weight excluding hydrogens is 221 g/mol. The lowest BCUT2D eigenvalue weighted by Gasteiger charge is -2.28. The normalized spacial score (nSPS) is 15.9. The molecule has 1 aromatic rings. The first kappa shape index (κ1) is 12.9. The Bertz CT molecular complexity index is 361. The van der Waals surface area contributed by atoms with Gasteiger partial charge in [0.15, 0.2) is 0 Å². The molecule has 0 saturated carbocycles. The molecule has 0 aliphatic carbocycles. The minimum absolute atomic E-state index is 0.0764. The third kappa shape index (κ3) is 2.33. The highest BCUT2D eigenvalue weighted by Gasteiger charge is 2.38. The number of nitrogens with zero attached hydrogens (tertiary/aromatic N) is 1. The summed E-state index contributed by atoms with van der Waals surface area (Å²) >= 11 is 0. The number of aromatic nitrogens is 1. The number of aliphatic hydroxyl groups excluding tert-OH is 1. The van der Waals surface area contributed by atoms with Crippen LogP contribution in [0.3, 0.4) is 0 Å². The quantitative estimate of drug-likeness (QED) is 0.829. The molecule has 1 aromatic heterocycles. The third-order valence-electron chi connectivity index (χ3n) is 2.58. The van der Waals surface area contributed by atoms with Crippen molar-refractivity contribution in [1.82, 2.24) is 4.98 Å². The highest BCUT2D eigenvalue weighted by molar-refractivity contribution is 5.33. The molecule has 3 N–H and O–H groups in total. The molecule has 0 aromatic carbocycles. The lowest BCUT2D eigenvalue weighted by Crippen LogP contribution is -2.37. The summed E-state index contributed by atoms with van der Waals surface area (Å²) in [5.74, 6) is 0. The predicted octanol–water partition coefficient (Wildman–Crippen LogP) is 1.31. The number of aliphatic hydroxyl groups is 1. The second-order valence-electron chi connectivity index (χ2n) is 3.84. The molecular formula is C10H13F3N2O. The predicted molar refractivity (Wildman–Crippen MR) is 52.7 cm³/mol. The topological polar surface area (TPSA) is 59.1 Å². The SMILES string of the molecule is CC(CN)(CO)c1cnccc1C(F)(F)F. The van der Waals surface area contributed by atoms with Gasteiger partial charge in [-0.25, -0.2) is 0 Å². The smallest absolute Gasteiger partial charge is 0.395 e. The summed E-state index contributed by atoms with van der Waals surface area (Å²) in [5.41, 5.74) is 3.40. The summed E-state index contributed by atoms with van der Waals surface area (Å²) in [4.78, 5) is 3.65. The molecule has 1 atom stereocenters. The Morgan fingerprint density at radius 1 is 1.38 bits per heavy atom. The summed E-state index contributed by atoms with van der Waals surface area (Å²) in [6.07, 6.45) is -2.30. The molecule has 90 valence electrons.